The number of halogens is 3. The summed E-state index contributed by atoms with van der Waals surface area (Å²) in [5.41, 5.74) is 0.701. The van der Waals surface area contributed by atoms with Crippen molar-refractivity contribution in [2.45, 2.75) is 19.2 Å². The van der Waals surface area contributed by atoms with E-state index in [2.05, 4.69) is 4.98 Å². The van der Waals surface area contributed by atoms with E-state index in [9.17, 15) is 8.78 Å². The molecule has 0 aliphatic heterocycles. The number of pyridine rings is 1. The van der Waals surface area contributed by atoms with Gasteiger partial charge in [-0.25, -0.2) is 8.78 Å². The van der Waals surface area contributed by atoms with Crippen LogP contribution in [0.4, 0.5) is 8.78 Å². The van der Waals surface area contributed by atoms with Gasteiger partial charge < -0.3 is 4.74 Å². The number of rotatable bonds is 3. The Morgan fingerprint density at radius 3 is 2.64 bits per heavy atom. The van der Waals surface area contributed by atoms with E-state index in [4.69, 9.17) is 16.3 Å². The number of methoxy groups -OCH3 is 1. The van der Waals surface area contributed by atoms with E-state index in [1.807, 2.05) is 0 Å². The number of nitrogens with zero attached hydrogens (tertiary/aromatic N) is 1. The van der Waals surface area contributed by atoms with Gasteiger partial charge in [-0.3, -0.25) is 4.98 Å². The summed E-state index contributed by atoms with van der Waals surface area (Å²) >= 11 is 5.58. The lowest BCUT2D eigenvalue weighted by Gasteiger charge is -2.11. The number of ether oxygens (including phenoxy) is 1. The van der Waals surface area contributed by atoms with Crippen molar-refractivity contribution >= 4 is 11.6 Å². The third-order valence-corrected chi connectivity index (χ3v) is 2.28. The maximum Gasteiger partial charge on any atom is 0.280 e. The molecule has 1 heterocycles. The summed E-state index contributed by atoms with van der Waals surface area (Å²) in [5.74, 6) is 0.487. The van der Waals surface area contributed by atoms with Gasteiger partial charge >= 0.3 is 0 Å². The lowest BCUT2D eigenvalue weighted by molar-refractivity contribution is 0.145. The molecule has 0 aliphatic carbocycles. The van der Waals surface area contributed by atoms with Gasteiger partial charge in [0.05, 0.1) is 13.3 Å². The van der Waals surface area contributed by atoms with Crippen molar-refractivity contribution in [3.63, 3.8) is 0 Å². The van der Waals surface area contributed by atoms with Crippen molar-refractivity contribution in [2.75, 3.05) is 7.11 Å². The third-order valence-electron chi connectivity index (χ3n) is 2.01. The van der Waals surface area contributed by atoms with Gasteiger partial charge in [0, 0.05) is 11.4 Å². The van der Waals surface area contributed by atoms with Gasteiger partial charge in [0.2, 0.25) is 0 Å². The molecule has 0 spiro atoms. The van der Waals surface area contributed by atoms with Gasteiger partial charge in [-0.05, 0) is 12.5 Å². The number of hydrogen-bond donors (Lipinski definition) is 0. The molecule has 0 bridgehead atoms. The minimum absolute atomic E-state index is 0.00963. The summed E-state index contributed by atoms with van der Waals surface area (Å²) in [6, 6.07) is 0. The molecule has 0 unspecified atom stereocenters. The Morgan fingerprint density at radius 1 is 1.57 bits per heavy atom. The van der Waals surface area contributed by atoms with Crippen LogP contribution in [0.15, 0.2) is 6.20 Å². The minimum atomic E-state index is -2.60. The fourth-order valence-electron chi connectivity index (χ4n) is 1.21. The molecule has 0 aromatic carbocycles. The first-order valence-electron chi connectivity index (χ1n) is 3.98. The summed E-state index contributed by atoms with van der Waals surface area (Å²) in [7, 11) is 1.46. The van der Waals surface area contributed by atoms with Gasteiger partial charge in [-0.2, -0.15) is 0 Å². The van der Waals surface area contributed by atoms with Gasteiger partial charge in [0.1, 0.15) is 11.4 Å². The highest BCUT2D eigenvalue weighted by Crippen LogP contribution is 2.29. The maximum atomic E-state index is 12.5. The summed E-state index contributed by atoms with van der Waals surface area (Å²) in [5, 5.41) is 0. The zero-order valence-corrected chi connectivity index (χ0v) is 8.61. The van der Waals surface area contributed by atoms with Crippen molar-refractivity contribution in [1.82, 2.24) is 4.98 Å². The molecule has 0 saturated carbocycles. The average molecular weight is 222 g/mol. The molecule has 1 aromatic rings. The molecule has 0 atom stereocenters. The van der Waals surface area contributed by atoms with E-state index in [1.54, 1.807) is 6.92 Å². The standard InChI is InChI=1S/C9H10ClF2NO/c1-5-6(3-10)8(9(11)12)13-4-7(5)14-2/h4,9H,3H2,1-2H3. The van der Waals surface area contributed by atoms with Crippen molar-refractivity contribution in [1.29, 1.82) is 0 Å². The first-order valence-corrected chi connectivity index (χ1v) is 4.51. The second-order valence-corrected chi connectivity index (χ2v) is 3.02. The molecule has 5 heteroatoms. The Hall–Kier alpha value is -0.900. The topological polar surface area (TPSA) is 22.1 Å². The third kappa shape index (κ3) is 1.95. The van der Waals surface area contributed by atoms with E-state index < -0.39 is 6.43 Å². The molecular weight excluding hydrogens is 212 g/mol. The van der Waals surface area contributed by atoms with Crippen molar-refractivity contribution in [3.05, 3.63) is 23.0 Å². The predicted molar refractivity (Wildman–Crippen MR) is 50.0 cm³/mol. The van der Waals surface area contributed by atoms with Crippen LogP contribution in [0, 0.1) is 6.92 Å². The SMILES string of the molecule is COc1cnc(C(F)F)c(CCl)c1C. The predicted octanol–water partition coefficient (Wildman–Crippen LogP) is 3.08. The molecule has 78 valence electrons. The van der Waals surface area contributed by atoms with Crippen LogP contribution >= 0.6 is 11.6 Å². The number of hydrogen-bond acceptors (Lipinski definition) is 2. The summed E-state index contributed by atoms with van der Waals surface area (Å²) in [4.78, 5) is 3.62. The fraction of sp³-hybridized carbons (Fsp3) is 0.444. The number of aromatic nitrogens is 1. The average Bonchev–Trinajstić information content (AvgIpc) is 2.17. The monoisotopic (exact) mass is 221 g/mol. The van der Waals surface area contributed by atoms with Crippen LogP contribution in [0.1, 0.15) is 23.2 Å². The lowest BCUT2D eigenvalue weighted by atomic mass is 10.1. The Labute approximate surface area is 85.9 Å². The summed E-state index contributed by atoms with van der Waals surface area (Å²) < 4.78 is 29.9. The Bertz CT molecular complexity index is 331. The molecule has 0 saturated heterocycles. The van der Waals surface area contributed by atoms with Crippen LogP contribution in [-0.2, 0) is 5.88 Å². The maximum absolute atomic E-state index is 12.5. The highest BCUT2D eigenvalue weighted by molar-refractivity contribution is 6.17. The first-order chi connectivity index (χ1) is 6.61. The molecule has 0 aliphatic rings. The lowest BCUT2D eigenvalue weighted by Crippen LogP contribution is -2.01. The van der Waals surface area contributed by atoms with Crippen molar-refractivity contribution < 1.29 is 13.5 Å². The van der Waals surface area contributed by atoms with Crippen molar-refractivity contribution in [2.24, 2.45) is 0 Å². The zero-order chi connectivity index (χ0) is 10.7. The molecular formula is C9H10ClF2NO. The summed E-state index contributed by atoms with van der Waals surface area (Å²) in [6.07, 6.45) is -1.32. The Balaban J connectivity index is 3.28. The van der Waals surface area contributed by atoms with Gasteiger partial charge in [0.25, 0.3) is 6.43 Å². The van der Waals surface area contributed by atoms with Crippen LogP contribution in [0.3, 0.4) is 0 Å². The molecule has 14 heavy (non-hydrogen) atoms. The number of alkyl halides is 3. The molecule has 1 aromatic heterocycles. The van der Waals surface area contributed by atoms with Gasteiger partial charge in [-0.15, -0.1) is 11.6 Å². The molecule has 1 rings (SSSR count). The van der Waals surface area contributed by atoms with E-state index in [0.29, 0.717) is 16.9 Å². The van der Waals surface area contributed by atoms with Gasteiger partial charge in [-0.1, -0.05) is 0 Å². The first kappa shape index (κ1) is 11.2. The molecule has 0 fully saturated rings. The quantitative estimate of drug-likeness (QED) is 0.732. The smallest absolute Gasteiger partial charge is 0.280 e. The van der Waals surface area contributed by atoms with Crippen LogP contribution in [0.25, 0.3) is 0 Å². The van der Waals surface area contributed by atoms with Crippen LogP contribution in [0.2, 0.25) is 0 Å². The minimum Gasteiger partial charge on any atom is -0.495 e. The fourth-order valence-corrected chi connectivity index (χ4v) is 1.54. The molecule has 0 radical (unpaired) electrons. The van der Waals surface area contributed by atoms with E-state index in [1.165, 1.54) is 13.3 Å². The summed E-state index contributed by atoms with van der Waals surface area (Å²) in [6.45, 7) is 1.68. The van der Waals surface area contributed by atoms with E-state index >= 15 is 0 Å². The Morgan fingerprint density at radius 2 is 2.21 bits per heavy atom. The molecule has 2 nitrogen and oxygen atoms in total. The van der Waals surface area contributed by atoms with E-state index in [0.717, 1.165) is 0 Å². The normalized spacial score (nSPS) is 10.7. The van der Waals surface area contributed by atoms with E-state index in [-0.39, 0.29) is 11.6 Å². The van der Waals surface area contributed by atoms with Crippen molar-refractivity contribution in [3.8, 4) is 5.75 Å². The molecule has 0 N–H and O–H groups in total. The highest BCUT2D eigenvalue weighted by Gasteiger charge is 2.18. The second-order valence-electron chi connectivity index (χ2n) is 2.75. The van der Waals surface area contributed by atoms with Crippen LogP contribution in [0.5, 0.6) is 5.75 Å². The molecule has 0 amide bonds. The van der Waals surface area contributed by atoms with Crippen LogP contribution in [-0.4, -0.2) is 12.1 Å². The van der Waals surface area contributed by atoms with Crippen LogP contribution < -0.4 is 4.74 Å². The zero-order valence-electron chi connectivity index (χ0n) is 7.85. The van der Waals surface area contributed by atoms with Gasteiger partial charge in [0.15, 0.2) is 0 Å². The Kier molecular flexibility index (Phi) is 3.63. The highest BCUT2D eigenvalue weighted by atomic mass is 35.5. The second kappa shape index (κ2) is 4.55. The largest absolute Gasteiger partial charge is 0.495 e.